The molecule has 1 aliphatic heterocycles. The molecule has 0 spiro atoms. The van der Waals surface area contributed by atoms with Crippen molar-refractivity contribution < 1.29 is 18.7 Å². The second kappa shape index (κ2) is 9.86. The number of piperidine rings is 1. The van der Waals surface area contributed by atoms with E-state index in [0.717, 1.165) is 22.7 Å². The molecule has 1 fully saturated rings. The summed E-state index contributed by atoms with van der Waals surface area (Å²) < 4.78 is 23.1. The van der Waals surface area contributed by atoms with Crippen molar-refractivity contribution in [3.8, 4) is 10.9 Å². The summed E-state index contributed by atoms with van der Waals surface area (Å²) in [6.07, 6.45) is 2.04. The zero-order chi connectivity index (χ0) is 22.5. The summed E-state index contributed by atoms with van der Waals surface area (Å²) in [5.41, 5.74) is 7.15. The monoisotopic (exact) mass is 454 g/mol. The predicted molar refractivity (Wildman–Crippen MR) is 118 cm³/mol. The SMILES string of the molecule is NC(=O)C1CCN(C(=O)Cc2ccc(Oc3nc(Cc4ccc(F)cc4)ns3)cc2)CC1. The Morgan fingerprint density at radius 3 is 2.38 bits per heavy atom. The van der Waals surface area contributed by atoms with E-state index in [4.69, 9.17) is 10.5 Å². The number of nitrogens with zero attached hydrogens (tertiary/aromatic N) is 3. The van der Waals surface area contributed by atoms with E-state index in [-0.39, 0.29) is 23.5 Å². The molecule has 1 aromatic heterocycles. The summed E-state index contributed by atoms with van der Waals surface area (Å²) in [7, 11) is 0. The fourth-order valence-corrected chi connectivity index (χ4v) is 4.18. The molecule has 0 radical (unpaired) electrons. The van der Waals surface area contributed by atoms with Gasteiger partial charge in [0.25, 0.3) is 5.19 Å². The van der Waals surface area contributed by atoms with Crippen LogP contribution in [0.2, 0.25) is 0 Å². The highest BCUT2D eigenvalue weighted by molar-refractivity contribution is 7.07. The van der Waals surface area contributed by atoms with Crippen molar-refractivity contribution >= 4 is 23.3 Å². The van der Waals surface area contributed by atoms with Gasteiger partial charge in [-0.25, -0.2) is 4.39 Å². The van der Waals surface area contributed by atoms with E-state index in [1.807, 2.05) is 12.1 Å². The smallest absolute Gasteiger partial charge is 0.298 e. The molecule has 2 aromatic carbocycles. The van der Waals surface area contributed by atoms with E-state index in [2.05, 4.69) is 9.36 Å². The number of carbonyl (C=O) groups is 2. The molecule has 0 saturated carbocycles. The first-order chi connectivity index (χ1) is 15.5. The van der Waals surface area contributed by atoms with Crippen LogP contribution in [0.3, 0.4) is 0 Å². The van der Waals surface area contributed by atoms with Gasteiger partial charge >= 0.3 is 0 Å². The summed E-state index contributed by atoms with van der Waals surface area (Å²) >= 11 is 1.15. The maximum absolute atomic E-state index is 13.0. The maximum Gasteiger partial charge on any atom is 0.298 e. The van der Waals surface area contributed by atoms with Gasteiger partial charge in [-0.15, -0.1) is 0 Å². The van der Waals surface area contributed by atoms with Gasteiger partial charge in [0, 0.05) is 37.0 Å². The van der Waals surface area contributed by atoms with Crippen LogP contribution in [0.4, 0.5) is 4.39 Å². The second-order valence-electron chi connectivity index (χ2n) is 7.76. The summed E-state index contributed by atoms with van der Waals surface area (Å²) in [6, 6.07) is 13.5. The van der Waals surface area contributed by atoms with Crippen molar-refractivity contribution in [1.82, 2.24) is 14.3 Å². The van der Waals surface area contributed by atoms with Crippen molar-refractivity contribution in [3.63, 3.8) is 0 Å². The zero-order valence-electron chi connectivity index (χ0n) is 17.4. The lowest BCUT2D eigenvalue weighted by Crippen LogP contribution is -2.42. The van der Waals surface area contributed by atoms with Crippen LogP contribution in [0.15, 0.2) is 48.5 Å². The molecule has 2 amide bonds. The highest BCUT2D eigenvalue weighted by Gasteiger charge is 2.25. The van der Waals surface area contributed by atoms with Gasteiger partial charge in [0.1, 0.15) is 11.6 Å². The number of likely N-dealkylation sites (tertiary alicyclic amines) is 1. The fraction of sp³-hybridized carbons (Fsp3) is 0.304. The summed E-state index contributed by atoms with van der Waals surface area (Å²) in [4.78, 5) is 30.0. The first kappa shape index (κ1) is 21.9. The predicted octanol–water partition coefficient (Wildman–Crippen LogP) is 3.33. The lowest BCUT2D eigenvalue weighted by atomic mass is 9.96. The Hall–Kier alpha value is -3.33. The molecule has 3 aromatic rings. The molecule has 1 saturated heterocycles. The molecule has 166 valence electrons. The van der Waals surface area contributed by atoms with Crippen LogP contribution in [0.25, 0.3) is 0 Å². The molecular weight excluding hydrogens is 431 g/mol. The third-order valence-corrected chi connectivity index (χ3v) is 6.09. The van der Waals surface area contributed by atoms with Crippen LogP contribution >= 0.6 is 11.5 Å². The van der Waals surface area contributed by atoms with Gasteiger partial charge in [0.2, 0.25) is 11.8 Å². The third-order valence-electron chi connectivity index (χ3n) is 5.46. The Balaban J connectivity index is 1.28. The number of hydrogen-bond acceptors (Lipinski definition) is 6. The lowest BCUT2D eigenvalue weighted by Gasteiger charge is -2.30. The van der Waals surface area contributed by atoms with E-state index in [1.165, 1.54) is 12.1 Å². The van der Waals surface area contributed by atoms with Crippen LogP contribution < -0.4 is 10.5 Å². The highest BCUT2D eigenvalue weighted by atomic mass is 32.1. The Morgan fingerprint density at radius 1 is 1.06 bits per heavy atom. The van der Waals surface area contributed by atoms with Crippen LogP contribution in [-0.2, 0) is 22.4 Å². The Morgan fingerprint density at radius 2 is 1.72 bits per heavy atom. The number of benzene rings is 2. The molecule has 7 nitrogen and oxygen atoms in total. The third kappa shape index (κ3) is 5.67. The fourth-order valence-electron chi connectivity index (χ4n) is 3.61. The van der Waals surface area contributed by atoms with Crippen molar-refractivity contribution in [2.24, 2.45) is 11.7 Å². The standard InChI is InChI=1S/C23H23FN4O3S/c24-18-5-1-15(2-6-18)13-20-26-23(32-27-20)31-19-7-3-16(4-8-19)14-21(29)28-11-9-17(10-12-28)22(25)30/h1-8,17H,9-14H2,(H2,25,30). The summed E-state index contributed by atoms with van der Waals surface area (Å²) in [5, 5.41) is 0.420. The molecule has 0 unspecified atom stereocenters. The molecule has 4 rings (SSSR count). The van der Waals surface area contributed by atoms with Gasteiger partial charge in [0.15, 0.2) is 5.82 Å². The number of carbonyl (C=O) groups excluding carboxylic acids is 2. The molecule has 2 heterocycles. The average Bonchev–Trinajstić information content (AvgIpc) is 3.23. The summed E-state index contributed by atoms with van der Waals surface area (Å²) in [6.45, 7) is 1.12. The van der Waals surface area contributed by atoms with Gasteiger partial charge < -0.3 is 15.4 Å². The number of primary amides is 1. The van der Waals surface area contributed by atoms with Crippen LogP contribution in [0.5, 0.6) is 10.9 Å². The first-order valence-electron chi connectivity index (χ1n) is 10.4. The van der Waals surface area contributed by atoms with E-state index in [0.29, 0.717) is 55.5 Å². The quantitative estimate of drug-likeness (QED) is 0.591. The molecule has 2 N–H and O–H groups in total. The van der Waals surface area contributed by atoms with Crippen LogP contribution in [0, 0.1) is 11.7 Å². The Labute approximate surface area is 189 Å². The first-order valence-corrected chi connectivity index (χ1v) is 11.1. The van der Waals surface area contributed by atoms with E-state index < -0.39 is 0 Å². The van der Waals surface area contributed by atoms with Crippen molar-refractivity contribution in [1.29, 1.82) is 0 Å². The largest absolute Gasteiger partial charge is 0.430 e. The molecule has 0 bridgehead atoms. The minimum Gasteiger partial charge on any atom is -0.430 e. The van der Waals surface area contributed by atoms with Gasteiger partial charge in [-0.2, -0.15) is 9.36 Å². The zero-order valence-corrected chi connectivity index (χ0v) is 18.2. The van der Waals surface area contributed by atoms with Crippen molar-refractivity contribution in [3.05, 3.63) is 71.3 Å². The molecule has 0 atom stereocenters. The number of amides is 2. The van der Waals surface area contributed by atoms with E-state index in [9.17, 15) is 14.0 Å². The molecule has 9 heteroatoms. The number of halogens is 1. The van der Waals surface area contributed by atoms with Gasteiger partial charge in [0.05, 0.1) is 6.42 Å². The van der Waals surface area contributed by atoms with Crippen molar-refractivity contribution in [2.45, 2.75) is 25.7 Å². The number of aromatic nitrogens is 2. The number of ether oxygens (including phenoxy) is 1. The van der Waals surface area contributed by atoms with Gasteiger partial charge in [-0.05, 0) is 48.2 Å². The number of hydrogen-bond donors (Lipinski definition) is 1. The van der Waals surface area contributed by atoms with E-state index in [1.54, 1.807) is 29.2 Å². The Bertz CT molecular complexity index is 1080. The number of nitrogens with two attached hydrogens (primary N) is 1. The minimum absolute atomic E-state index is 0.0381. The lowest BCUT2D eigenvalue weighted by molar-refractivity contribution is -0.134. The van der Waals surface area contributed by atoms with E-state index >= 15 is 0 Å². The van der Waals surface area contributed by atoms with Gasteiger partial charge in [-0.1, -0.05) is 24.3 Å². The highest BCUT2D eigenvalue weighted by Crippen LogP contribution is 2.25. The summed E-state index contributed by atoms with van der Waals surface area (Å²) in [5.74, 6) is 0.558. The van der Waals surface area contributed by atoms with Gasteiger partial charge in [-0.3, -0.25) is 9.59 Å². The van der Waals surface area contributed by atoms with Crippen molar-refractivity contribution in [2.75, 3.05) is 13.1 Å². The van der Waals surface area contributed by atoms with Crippen LogP contribution in [-0.4, -0.2) is 39.2 Å². The normalized spacial score (nSPS) is 14.3. The Kier molecular flexibility index (Phi) is 6.75. The topological polar surface area (TPSA) is 98.4 Å². The van der Waals surface area contributed by atoms with Crippen LogP contribution in [0.1, 0.15) is 29.8 Å². The molecule has 0 aliphatic carbocycles. The molecule has 1 aliphatic rings. The molecular formula is C23H23FN4O3S. The molecule has 32 heavy (non-hydrogen) atoms. The maximum atomic E-state index is 13.0. The minimum atomic E-state index is -0.286. The second-order valence-corrected chi connectivity index (χ2v) is 8.47. The average molecular weight is 455 g/mol. The number of rotatable bonds is 7.